The van der Waals surface area contributed by atoms with E-state index in [9.17, 15) is 0 Å². The van der Waals surface area contributed by atoms with Crippen molar-refractivity contribution < 1.29 is 0 Å². The summed E-state index contributed by atoms with van der Waals surface area (Å²) in [5.41, 5.74) is 7.36. The van der Waals surface area contributed by atoms with Crippen LogP contribution < -0.4 is 11.1 Å². The van der Waals surface area contributed by atoms with Gasteiger partial charge in [0.05, 0.1) is 0 Å². The molecule has 19 heavy (non-hydrogen) atoms. The summed E-state index contributed by atoms with van der Waals surface area (Å²) in [5, 5.41) is 5.05. The maximum atomic E-state index is 6.04. The van der Waals surface area contributed by atoms with Crippen molar-refractivity contribution in [1.29, 1.82) is 0 Å². The van der Waals surface area contributed by atoms with Crippen LogP contribution in [0, 0.1) is 0 Å². The Bertz CT molecular complexity index is 468. The summed E-state index contributed by atoms with van der Waals surface area (Å²) >= 11 is 1.57. The van der Waals surface area contributed by atoms with Gasteiger partial charge in [0, 0.05) is 24.2 Å². The highest BCUT2D eigenvalue weighted by Crippen LogP contribution is 2.48. The molecule has 2 atom stereocenters. The van der Waals surface area contributed by atoms with E-state index in [0.29, 0.717) is 12.0 Å². The minimum absolute atomic E-state index is 0.609. The van der Waals surface area contributed by atoms with Gasteiger partial charge in [-0.15, -0.1) is 0 Å². The van der Waals surface area contributed by atoms with Crippen LogP contribution >= 0.6 is 11.5 Å². The number of nitrogen functional groups attached to an aromatic ring is 1. The van der Waals surface area contributed by atoms with Crippen LogP contribution in [0.3, 0.4) is 0 Å². The van der Waals surface area contributed by atoms with E-state index in [4.69, 9.17) is 5.73 Å². The highest BCUT2D eigenvalue weighted by Gasteiger charge is 2.37. The standard InChI is InChI=1S/C14H22N4S/c15-13-12(9-4-5-9)14(19-17-13)16-10-6-8-18-7-2-1-3-11(10)18/h9-11,16H,1-8H2,(H2,15,17). The quantitative estimate of drug-likeness (QED) is 0.892. The molecule has 1 aliphatic carbocycles. The Morgan fingerprint density at radius 1 is 1.16 bits per heavy atom. The fourth-order valence-corrected chi connectivity index (χ4v) is 4.63. The number of rotatable bonds is 3. The molecule has 1 saturated carbocycles. The Labute approximate surface area is 118 Å². The van der Waals surface area contributed by atoms with Crippen molar-refractivity contribution in [3.8, 4) is 0 Å². The summed E-state index contributed by atoms with van der Waals surface area (Å²) in [5.74, 6) is 1.46. The Hall–Kier alpha value is -0.810. The summed E-state index contributed by atoms with van der Waals surface area (Å²) in [7, 11) is 0. The van der Waals surface area contributed by atoms with Crippen molar-refractivity contribution >= 4 is 22.4 Å². The third-order valence-electron chi connectivity index (χ3n) is 4.91. The zero-order chi connectivity index (χ0) is 12.8. The molecule has 3 aliphatic rings. The first-order chi connectivity index (χ1) is 9.33. The molecule has 5 heteroatoms. The average molecular weight is 278 g/mol. The number of aromatic nitrogens is 1. The van der Waals surface area contributed by atoms with Gasteiger partial charge in [-0.05, 0) is 56.1 Å². The second-order valence-corrected chi connectivity index (χ2v) is 7.00. The molecule has 2 unspecified atom stereocenters. The first-order valence-corrected chi connectivity index (χ1v) is 8.36. The molecule has 0 radical (unpaired) electrons. The highest BCUT2D eigenvalue weighted by molar-refractivity contribution is 7.10. The van der Waals surface area contributed by atoms with Gasteiger partial charge in [-0.25, -0.2) is 0 Å². The van der Waals surface area contributed by atoms with Crippen molar-refractivity contribution in [3.63, 3.8) is 0 Å². The minimum atomic E-state index is 0.609. The molecule has 0 spiro atoms. The fraction of sp³-hybridized carbons (Fsp3) is 0.786. The predicted molar refractivity (Wildman–Crippen MR) is 79.7 cm³/mol. The maximum Gasteiger partial charge on any atom is 0.142 e. The summed E-state index contributed by atoms with van der Waals surface area (Å²) in [6, 6.07) is 1.35. The van der Waals surface area contributed by atoms with E-state index in [-0.39, 0.29) is 0 Å². The molecular weight excluding hydrogens is 256 g/mol. The molecule has 2 aliphatic heterocycles. The number of fused-ring (bicyclic) bond motifs is 1. The van der Waals surface area contributed by atoms with Crippen LogP contribution in [0.5, 0.6) is 0 Å². The fourth-order valence-electron chi connectivity index (χ4n) is 3.76. The van der Waals surface area contributed by atoms with E-state index in [2.05, 4.69) is 14.6 Å². The van der Waals surface area contributed by atoms with Crippen LogP contribution in [0.4, 0.5) is 10.8 Å². The van der Waals surface area contributed by atoms with E-state index in [1.54, 1.807) is 11.5 Å². The largest absolute Gasteiger partial charge is 0.383 e. The monoisotopic (exact) mass is 278 g/mol. The van der Waals surface area contributed by atoms with Gasteiger partial charge in [-0.2, -0.15) is 4.37 Å². The summed E-state index contributed by atoms with van der Waals surface area (Å²) in [6.45, 7) is 2.55. The number of nitrogens with one attached hydrogen (secondary N) is 1. The smallest absolute Gasteiger partial charge is 0.142 e. The molecule has 3 fully saturated rings. The van der Waals surface area contributed by atoms with Gasteiger partial charge in [-0.3, -0.25) is 4.90 Å². The number of hydrogen-bond acceptors (Lipinski definition) is 5. The second-order valence-electron chi connectivity index (χ2n) is 6.22. The third-order valence-corrected chi connectivity index (χ3v) is 5.72. The van der Waals surface area contributed by atoms with Crippen molar-refractivity contribution in [1.82, 2.24) is 9.27 Å². The van der Waals surface area contributed by atoms with Gasteiger partial charge < -0.3 is 11.1 Å². The number of anilines is 2. The number of piperidine rings is 1. The Kier molecular flexibility index (Phi) is 2.92. The van der Waals surface area contributed by atoms with Crippen LogP contribution in [0.1, 0.15) is 50.0 Å². The predicted octanol–water partition coefficient (Wildman–Crippen LogP) is 2.64. The van der Waals surface area contributed by atoms with E-state index in [0.717, 1.165) is 11.9 Å². The number of nitrogens with two attached hydrogens (primary N) is 1. The van der Waals surface area contributed by atoms with Gasteiger partial charge in [-0.1, -0.05) is 6.42 Å². The molecule has 3 N–H and O–H groups in total. The SMILES string of the molecule is Nc1nsc(NC2CCN3CCCCC23)c1C1CC1. The van der Waals surface area contributed by atoms with Gasteiger partial charge >= 0.3 is 0 Å². The van der Waals surface area contributed by atoms with Gasteiger partial charge in [0.2, 0.25) is 0 Å². The molecule has 0 bridgehead atoms. The minimum Gasteiger partial charge on any atom is -0.383 e. The molecular formula is C14H22N4S. The van der Waals surface area contributed by atoms with E-state index in [1.807, 2.05) is 0 Å². The van der Waals surface area contributed by atoms with E-state index >= 15 is 0 Å². The van der Waals surface area contributed by atoms with E-state index in [1.165, 1.54) is 62.2 Å². The Balaban J connectivity index is 1.52. The summed E-state index contributed by atoms with van der Waals surface area (Å²) in [6.07, 6.45) is 7.97. The van der Waals surface area contributed by atoms with Crippen molar-refractivity contribution in [3.05, 3.63) is 5.56 Å². The van der Waals surface area contributed by atoms with Gasteiger partial charge in [0.15, 0.2) is 0 Å². The van der Waals surface area contributed by atoms with Crippen LogP contribution in [0.2, 0.25) is 0 Å². The zero-order valence-electron chi connectivity index (χ0n) is 11.3. The molecule has 1 aromatic heterocycles. The lowest BCUT2D eigenvalue weighted by Crippen LogP contribution is -2.41. The first kappa shape index (κ1) is 12.0. The van der Waals surface area contributed by atoms with Crippen molar-refractivity contribution in [2.45, 2.75) is 56.5 Å². The molecule has 3 heterocycles. The molecule has 0 amide bonds. The Morgan fingerprint density at radius 3 is 2.89 bits per heavy atom. The van der Waals surface area contributed by atoms with Crippen molar-refractivity contribution in [2.24, 2.45) is 0 Å². The molecule has 104 valence electrons. The van der Waals surface area contributed by atoms with Crippen LogP contribution in [0.15, 0.2) is 0 Å². The molecule has 2 saturated heterocycles. The lowest BCUT2D eigenvalue weighted by atomic mass is 9.99. The van der Waals surface area contributed by atoms with Crippen molar-refractivity contribution in [2.75, 3.05) is 24.1 Å². The molecule has 0 aromatic carbocycles. The van der Waals surface area contributed by atoms with Crippen LogP contribution in [0.25, 0.3) is 0 Å². The van der Waals surface area contributed by atoms with E-state index < -0.39 is 0 Å². The molecule has 4 rings (SSSR count). The number of nitrogens with zero attached hydrogens (tertiary/aromatic N) is 2. The normalized spacial score (nSPS) is 31.4. The summed E-state index contributed by atoms with van der Waals surface area (Å²) < 4.78 is 4.37. The zero-order valence-corrected chi connectivity index (χ0v) is 12.1. The first-order valence-electron chi connectivity index (χ1n) is 7.58. The highest BCUT2D eigenvalue weighted by atomic mass is 32.1. The lowest BCUT2D eigenvalue weighted by molar-refractivity contribution is 0.193. The average Bonchev–Trinajstić information content (AvgIpc) is 3.08. The maximum absolute atomic E-state index is 6.04. The van der Waals surface area contributed by atoms with Gasteiger partial charge in [0.1, 0.15) is 10.8 Å². The van der Waals surface area contributed by atoms with Crippen LogP contribution in [-0.4, -0.2) is 34.4 Å². The third kappa shape index (κ3) is 2.13. The second kappa shape index (κ2) is 4.63. The van der Waals surface area contributed by atoms with Gasteiger partial charge in [0.25, 0.3) is 0 Å². The molecule has 1 aromatic rings. The Morgan fingerprint density at radius 2 is 2.05 bits per heavy atom. The lowest BCUT2D eigenvalue weighted by Gasteiger charge is -2.32. The number of hydrogen-bond donors (Lipinski definition) is 2. The topological polar surface area (TPSA) is 54.2 Å². The molecule has 4 nitrogen and oxygen atoms in total. The van der Waals surface area contributed by atoms with Crippen LogP contribution in [-0.2, 0) is 0 Å². The summed E-state index contributed by atoms with van der Waals surface area (Å²) in [4.78, 5) is 2.67.